The van der Waals surface area contributed by atoms with Crippen molar-refractivity contribution in [2.75, 3.05) is 0 Å². The molecule has 6 nitrogen and oxygen atoms in total. The molecule has 0 bridgehead atoms. The Morgan fingerprint density at radius 3 is 2.50 bits per heavy atom. The summed E-state index contributed by atoms with van der Waals surface area (Å²) in [6.45, 7) is -1.22. The van der Waals surface area contributed by atoms with Crippen molar-refractivity contribution in [1.29, 1.82) is 0 Å². The molecule has 0 saturated heterocycles. The third-order valence-corrected chi connectivity index (χ3v) is 6.37. The van der Waals surface area contributed by atoms with Crippen LogP contribution in [0, 0.1) is 5.82 Å². The fourth-order valence-corrected chi connectivity index (χ4v) is 4.35. The summed E-state index contributed by atoms with van der Waals surface area (Å²) in [7, 11) is 0. The maximum Gasteiger partial charge on any atom is 0.416 e. The van der Waals surface area contributed by atoms with Crippen LogP contribution >= 0.6 is 34.5 Å². The van der Waals surface area contributed by atoms with Gasteiger partial charge in [-0.15, -0.1) is 16.4 Å². The number of aromatic nitrogens is 4. The average Bonchev–Trinajstić information content (AvgIpc) is 3.36. The first-order valence-electron chi connectivity index (χ1n) is 9.62. The van der Waals surface area contributed by atoms with Gasteiger partial charge in [0.2, 0.25) is 0 Å². The molecule has 0 amide bonds. The lowest BCUT2D eigenvalue weighted by Crippen LogP contribution is -2.37. The summed E-state index contributed by atoms with van der Waals surface area (Å²) in [4.78, 5) is 17.6. The lowest BCUT2D eigenvalue weighted by atomic mass is 10.2. The number of aliphatic hydroxyl groups is 1. The van der Waals surface area contributed by atoms with Crippen molar-refractivity contribution in [1.82, 2.24) is 19.3 Å². The van der Waals surface area contributed by atoms with Crippen LogP contribution in [-0.4, -0.2) is 36.7 Å². The Hall–Kier alpha value is -2.73. The number of nitrogens with zero attached hydrogens (tertiary/aromatic N) is 4. The molecule has 13 heteroatoms. The summed E-state index contributed by atoms with van der Waals surface area (Å²) in [5, 5.41) is 14.4. The van der Waals surface area contributed by atoms with Crippen molar-refractivity contribution in [3.05, 3.63) is 80.0 Å². The van der Waals surface area contributed by atoms with Crippen molar-refractivity contribution < 1.29 is 22.7 Å². The molecule has 1 N–H and O–H groups in total. The van der Waals surface area contributed by atoms with Crippen LogP contribution in [0.2, 0.25) is 10.0 Å². The van der Waals surface area contributed by atoms with Gasteiger partial charge in [0.25, 0.3) is 0 Å². The fourth-order valence-electron chi connectivity index (χ4n) is 3.13. The van der Waals surface area contributed by atoms with Crippen molar-refractivity contribution in [2.24, 2.45) is 0 Å². The van der Waals surface area contributed by atoms with E-state index in [0.29, 0.717) is 20.5 Å². The summed E-state index contributed by atoms with van der Waals surface area (Å²) in [5.74, 6) is -0.699. The molecule has 4 rings (SSSR count). The minimum atomic E-state index is -4.93. The zero-order valence-corrected chi connectivity index (χ0v) is 19.3. The van der Waals surface area contributed by atoms with Gasteiger partial charge in [-0.3, -0.25) is 4.57 Å². The Bertz CT molecular complexity index is 1380. The Labute approximate surface area is 203 Å². The minimum absolute atomic E-state index is 0.0572. The van der Waals surface area contributed by atoms with Gasteiger partial charge in [0, 0.05) is 22.3 Å². The molecule has 2 aromatic heterocycles. The molecule has 4 aromatic rings. The molecule has 0 aliphatic heterocycles. The highest BCUT2D eigenvalue weighted by atomic mass is 35.5. The Morgan fingerprint density at radius 1 is 1.12 bits per heavy atom. The van der Waals surface area contributed by atoms with Crippen LogP contribution in [-0.2, 0) is 13.1 Å². The number of hydrogen-bond donors (Lipinski definition) is 1. The number of thiazole rings is 1. The van der Waals surface area contributed by atoms with Crippen LogP contribution in [0.25, 0.3) is 21.8 Å². The largest absolute Gasteiger partial charge is 0.416 e. The molecular weight excluding hydrogens is 519 g/mol. The molecule has 0 saturated carbocycles. The van der Waals surface area contributed by atoms with E-state index in [0.717, 1.165) is 20.6 Å². The topological polar surface area (TPSA) is 72.9 Å². The third-order valence-electron chi connectivity index (χ3n) is 4.81. The Balaban J connectivity index is 1.71. The summed E-state index contributed by atoms with van der Waals surface area (Å²) in [6, 6.07) is 10.5. The second-order valence-corrected chi connectivity index (χ2v) is 9.12. The minimum Gasteiger partial charge on any atom is -0.382 e. The fraction of sp³-hybridized carbons (Fsp3) is 0.190. The molecule has 2 heterocycles. The van der Waals surface area contributed by atoms with E-state index in [9.17, 15) is 27.5 Å². The quantitative estimate of drug-likeness (QED) is 0.344. The van der Waals surface area contributed by atoms with E-state index in [1.807, 2.05) is 0 Å². The number of hydrogen-bond acceptors (Lipinski definition) is 5. The zero-order chi connectivity index (χ0) is 24.6. The van der Waals surface area contributed by atoms with Crippen LogP contribution in [0.3, 0.4) is 0 Å². The van der Waals surface area contributed by atoms with E-state index in [1.165, 1.54) is 42.6 Å². The third kappa shape index (κ3) is 5.02. The number of benzene rings is 2. The Kier molecular flexibility index (Phi) is 6.81. The van der Waals surface area contributed by atoms with Gasteiger partial charge in [0.1, 0.15) is 10.8 Å². The van der Waals surface area contributed by atoms with Crippen molar-refractivity contribution >= 4 is 34.5 Å². The maximum absolute atomic E-state index is 14.3. The van der Waals surface area contributed by atoms with Crippen molar-refractivity contribution in [3.63, 3.8) is 0 Å². The van der Waals surface area contributed by atoms with Gasteiger partial charge in [-0.2, -0.15) is 13.2 Å². The molecule has 34 heavy (non-hydrogen) atoms. The second kappa shape index (κ2) is 9.49. The Morgan fingerprint density at radius 2 is 1.82 bits per heavy atom. The molecule has 0 radical (unpaired) electrons. The molecule has 0 fully saturated rings. The number of halogens is 6. The van der Waals surface area contributed by atoms with E-state index in [1.54, 1.807) is 6.07 Å². The number of alkyl halides is 3. The number of rotatable bonds is 6. The molecule has 1 atom stereocenters. The van der Waals surface area contributed by atoms with Gasteiger partial charge in [-0.25, -0.2) is 18.9 Å². The molecule has 178 valence electrons. The lowest BCUT2D eigenvalue weighted by molar-refractivity contribution is -0.207. The van der Waals surface area contributed by atoms with Crippen LogP contribution in [0.15, 0.2) is 53.5 Å². The summed E-state index contributed by atoms with van der Waals surface area (Å²) in [5.41, 5.74) is -0.321. The molecule has 0 aliphatic rings. The van der Waals surface area contributed by atoms with Crippen molar-refractivity contribution in [2.45, 2.75) is 25.4 Å². The van der Waals surface area contributed by atoms with Crippen LogP contribution in [0.1, 0.15) is 5.01 Å². The SMILES string of the molecule is O=c1n(Cc2ncc(-c3cccc(Cl)c3F)s2)nc(-c2ccc(Cl)cc2)n1C[C@H](O)C(F)(F)F. The maximum atomic E-state index is 14.3. The first-order chi connectivity index (χ1) is 16.0. The summed E-state index contributed by atoms with van der Waals surface area (Å²) in [6.07, 6.45) is -6.29. The molecule has 0 unspecified atom stereocenters. The van der Waals surface area contributed by atoms with E-state index < -0.39 is 30.3 Å². The smallest absolute Gasteiger partial charge is 0.382 e. The van der Waals surface area contributed by atoms with Gasteiger partial charge < -0.3 is 5.11 Å². The predicted octanol–water partition coefficient (Wildman–Crippen LogP) is 5.25. The predicted molar refractivity (Wildman–Crippen MR) is 121 cm³/mol. The lowest BCUT2D eigenvalue weighted by Gasteiger charge is -2.15. The van der Waals surface area contributed by atoms with E-state index >= 15 is 0 Å². The van der Waals surface area contributed by atoms with Gasteiger partial charge in [0.05, 0.1) is 23.0 Å². The van der Waals surface area contributed by atoms with Crippen LogP contribution < -0.4 is 5.69 Å². The van der Waals surface area contributed by atoms with Crippen molar-refractivity contribution in [3.8, 4) is 21.8 Å². The van der Waals surface area contributed by atoms with Gasteiger partial charge in [-0.05, 0) is 30.3 Å². The highest BCUT2D eigenvalue weighted by Gasteiger charge is 2.39. The van der Waals surface area contributed by atoms with Gasteiger partial charge in [-0.1, -0.05) is 35.3 Å². The summed E-state index contributed by atoms with van der Waals surface area (Å²) < 4.78 is 54.9. The molecule has 0 aliphatic carbocycles. The van der Waals surface area contributed by atoms with E-state index in [-0.39, 0.29) is 23.0 Å². The number of aliphatic hydroxyl groups excluding tert-OH is 1. The van der Waals surface area contributed by atoms with E-state index in [4.69, 9.17) is 23.2 Å². The zero-order valence-electron chi connectivity index (χ0n) is 16.9. The first-order valence-corrected chi connectivity index (χ1v) is 11.2. The molecular formula is C21H14Cl2F4N4O2S. The summed E-state index contributed by atoms with van der Waals surface area (Å²) >= 11 is 12.8. The monoisotopic (exact) mass is 532 g/mol. The molecule has 2 aromatic carbocycles. The van der Waals surface area contributed by atoms with Crippen LogP contribution in [0.5, 0.6) is 0 Å². The normalized spacial score (nSPS) is 12.8. The molecule has 0 spiro atoms. The highest BCUT2D eigenvalue weighted by Crippen LogP contribution is 2.32. The average molecular weight is 533 g/mol. The first kappa shape index (κ1) is 24.4. The highest BCUT2D eigenvalue weighted by molar-refractivity contribution is 7.15. The standard InChI is InChI=1S/C21H14Cl2F4N4O2S/c22-12-6-4-11(5-7-12)19-29-31(20(33)30(19)9-16(32)21(25,26)27)10-17-28-8-15(34-17)13-2-1-3-14(23)18(13)24/h1-8,16,32H,9-10H2/t16-/m0/s1. The van der Waals surface area contributed by atoms with E-state index in [2.05, 4.69) is 10.1 Å². The second-order valence-electron chi connectivity index (χ2n) is 7.16. The van der Waals surface area contributed by atoms with Gasteiger partial charge >= 0.3 is 11.9 Å². The van der Waals surface area contributed by atoms with Gasteiger partial charge in [0.15, 0.2) is 11.9 Å². The van der Waals surface area contributed by atoms with Crippen LogP contribution in [0.4, 0.5) is 17.6 Å².